The molecule has 5 nitrogen and oxygen atoms in total. The van der Waals surface area contributed by atoms with Crippen molar-refractivity contribution in [3.63, 3.8) is 0 Å². The lowest BCUT2D eigenvalue weighted by Crippen LogP contribution is -2.22. The molecule has 16 heavy (non-hydrogen) atoms. The summed E-state index contributed by atoms with van der Waals surface area (Å²) >= 11 is 3.43. The van der Waals surface area contributed by atoms with Gasteiger partial charge in [-0.15, -0.1) is 0 Å². The van der Waals surface area contributed by atoms with E-state index in [2.05, 4.69) is 50.1 Å². The van der Waals surface area contributed by atoms with Crippen LogP contribution in [0.4, 0.5) is 11.8 Å². The first-order valence-corrected chi connectivity index (χ1v) is 6.04. The molecule has 1 rings (SSSR count). The van der Waals surface area contributed by atoms with Gasteiger partial charge in [0.25, 0.3) is 0 Å². The highest BCUT2D eigenvalue weighted by molar-refractivity contribution is 9.10. The van der Waals surface area contributed by atoms with Crippen LogP contribution < -0.4 is 16.2 Å². The molecule has 3 N–H and O–H groups in total. The van der Waals surface area contributed by atoms with E-state index in [1.54, 1.807) is 6.20 Å². The Kier molecular flexibility index (Phi) is 4.95. The molecular formula is C10H18BrN5. The standard InChI is InChI=1S/C10H18BrN5/c1-7(2)4-5-16(3)9-8(11)6-13-10(14-9)15-12/h6-7H,4-5,12H2,1-3H3,(H,13,14,15). The van der Waals surface area contributed by atoms with Crippen molar-refractivity contribution in [3.8, 4) is 0 Å². The van der Waals surface area contributed by atoms with Crippen LogP contribution in [0.3, 0.4) is 0 Å². The third kappa shape index (κ3) is 3.61. The van der Waals surface area contributed by atoms with Gasteiger partial charge in [0.2, 0.25) is 5.95 Å². The average Bonchev–Trinajstić information content (AvgIpc) is 2.26. The molecule has 1 aromatic heterocycles. The minimum Gasteiger partial charge on any atom is -0.359 e. The van der Waals surface area contributed by atoms with Gasteiger partial charge in [-0.3, -0.25) is 5.43 Å². The number of nitrogens with zero attached hydrogens (tertiary/aromatic N) is 3. The number of rotatable bonds is 5. The Labute approximate surface area is 105 Å². The zero-order valence-corrected chi connectivity index (χ0v) is 11.5. The van der Waals surface area contributed by atoms with E-state index in [1.165, 1.54) is 0 Å². The highest BCUT2D eigenvalue weighted by atomic mass is 79.9. The summed E-state index contributed by atoms with van der Waals surface area (Å²) in [6.07, 6.45) is 2.82. The number of hydrazine groups is 1. The fraction of sp³-hybridized carbons (Fsp3) is 0.600. The Bertz CT molecular complexity index is 342. The van der Waals surface area contributed by atoms with E-state index in [4.69, 9.17) is 5.84 Å². The van der Waals surface area contributed by atoms with Gasteiger partial charge < -0.3 is 4.90 Å². The number of nitrogens with one attached hydrogen (secondary N) is 1. The van der Waals surface area contributed by atoms with Crippen LogP contribution >= 0.6 is 15.9 Å². The van der Waals surface area contributed by atoms with Crippen LogP contribution in [0.1, 0.15) is 20.3 Å². The summed E-state index contributed by atoms with van der Waals surface area (Å²) in [5.41, 5.74) is 2.44. The van der Waals surface area contributed by atoms with Gasteiger partial charge in [0, 0.05) is 19.8 Å². The molecule has 1 aromatic rings. The molecule has 0 spiro atoms. The summed E-state index contributed by atoms with van der Waals surface area (Å²) in [6.45, 7) is 5.36. The number of nitrogens with two attached hydrogens (primary N) is 1. The minimum absolute atomic E-state index is 0.426. The molecule has 6 heteroatoms. The van der Waals surface area contributed by atoms with Gasteiger partial charge in [-0.05, 0) is 28.3 Å². The van der Waals surface area contributed by atoms with Crippen molar-refractivity contribution in [1.29, 1.82) is 0 Å². The van der Waals surface area contributed by atoms with Crippen LogP contribution in [0.15, 0.2) is 10.7 Å². The first-order chi connectivity index (χ1) is 7.54. The van der Waals surface area contributed by atoms with Crippen molar-refractivity contribution in [1.82, 2.24) is 9.97 Å². The van der Waals surface area contributed by atoms with Crippen molar-refractivity contribution >= 4 is 27.7 Å². The minimum atomic E-state index is 0.426. The second-order valence-corrected chi connectivity index (χ2v) is 4.97. The van der Waals surface area contributed by atoms with Gasteiger partial charge >= 0.3 is 0 Å². The zero-order valence-electron chi connectivity index (χ0n) is 9.87. The quantitative estimate of drug-likeness (QED) is 0.641. The molecule has 0 bridgehead atoms. The molecule has 0 amide bonds. The molecule has 0 aliphatic heterocycles. The van der Waals surface area contributed by atoms with Crippen molar-refractivity contribution < 1.29 is 0 Å². The lowest BCUT2D eigenvalue weighted by molar-refractivity contribution is 0.583. The Hall–Kier alpha value is -0.880. The molecule has 90 valence electrons. The summed E-state index contributed by atoms with van der Waals surface area (Å²) in [7, 11) is 2.01. The lowest BCUT2D eigenvalue weighted by atomic mass is 10.1. The van der Waals surface area contributed by atoms with E-state index in [1.807, 2.05) is 7.05 Å². The second-order valence-electron chi connectivity index (χ2n) is 4.11. The second kappa shape index (κ2) is 6.00. The average molecular weight is 288 g/mol. The third-order valence-electron chi connectivity index (χ3n) is 2.26. The van der Waals surface area contributed by atoms with E-state index < -0.39 is 0 Å². The lowest BCUT2D eigenvalue weighted by Gasteiger charge is -2.20. The Morgan fingerprint density at radius 2 is 2.25 bits per heavy atom. The molecule has 0 unspecified atom stereocenters. The topological polar surface area (TPSA) is 67.1 Å². The number of hydrogen-bond acceptors (Lipinski definition) is 5. The van der Waals surface area contributed by atoms with Gasteiger partial charge in [-0.2, -0.15) is 4.98 Å². The molecule has 0 aliphatic rings. The van der Waals surface area contributed by atoms with Crippen LogP contribution in [0.25, 0.3) is 0 Å². The number of anilines is 2. The summed E-state index contributed by atoms with van der Waals surface area (Å²) in [6, 6.07) is 0. The van der Waals surface area contributed by atoms with Crippen molar-refractivity contribution in [3.05, 3.63) is 10.7 Å². The normalized spacial score (nSPS) is 10.6. The summed E-state index contributed by atoms with van der Waals surface area (Å²) in [5, 5.41) is 0. The monoisotopic (exact) mass is 287 g/mol. The first-order valence-electron chi connectivity index (χ1n) is 5.25. The molecule has 0 saturated heterocycles. The zero-order chi connectivity index (χ0) is 12.1. The summed E-state index contributed by atoms with van der Waals surface area (Å²) in [5.74, 6) is 7.23. The largest absolute Gasteiger partial charge is 0.359 e. The van der Waals surface area contributed by atoms with E-state index in [9.17, 15) is 0 Å². The van der Waals surface area contributed by atoms with E-state index in [-0.39, 0.29) is 0 Å². The van der Waals surface area contributed by atoms with Crippen molar-refractivity contribution in [2.45, 2.75) is 20.3 Å². The number of halogens is 1. The van der Waals surface area contributed by atoms with E-state index in [0.29, 0.717) is 11.9 Å². The van der Waals surface area contributed by atoms with Crippen molar-refractivity contribution in [2.75, 3.05) is 23.9 Å². The predicted octanol–water partition coefficient (Wildman–Crippen LogP) is 2.01. The SMILES string of the molecule is CC(C)CCN(C)c1nc(NN)ncc1Br. The Morgan fingerprint density at radius 3 is 2.81 bits per heavy atom. The number of aromatic nitrogens is 2. The van der Waals surface area contributed by atoms with Crippen LogP contribution in [-0.4, -0.2) is 23.6 Å². The van der Waals surface area contributed by atoms with E-state index >= 15 is 0 Å². The molecule has 0 radical (unpaired) electrons. The molecule has 1 heterocycles. The van der Waals surface area contributed by atoms with Crippen LogP contribution in [0.5, 0.6) is 0 Å². The smallest absolute Gasteiger partial charge is 0.239 e. The van der Waals surface area contributed by atoms with Gasteiger partial charge in [-0.1, -0.05) is 13.8 Å². The highest BCUT2D eigenvalue weighted by Gasteiger charge is 2.09. The van der Waals surface area contributed by atoms with Gasteiger partial charge in [0.05, 0.1) is 4.47 Å². The first kappa shape index (κ1) is 13.2. The van der Waals surface area contributed by atoms with Crippen LogP contribution in [-0.2, 0) is 0 Å². The fourth-order valence-corrected chi connectivity index (χ4v) is 1.75. The number of nitrogen functional groups attached to an aromatic ring is 1. The summed E-state index contributed by atoms with van der Waals surface area (Å²) < 4.78 is 0.873. The Balaban J connectivity index is 2.76. The predicted molar refractivity (Wildman–Crippen MR) is 70.3 cm³/mol. The maximum absolute atomic E-state index is 5.28. The fourth-order valence-electron chi connectivity index (χ4n) is 1.25. The molecule has 0 aliphatic carbocycles. The maximum atomic E-state index is 5.28. The Morgan fingerprint density at radius 1 is 1.56 bits per heavy atom. The molecule has 0 atom stereocenters. The number of hydrogen-bond donors (Lipinski definition) is 2. The van der Waals surface area contributed by atoms with Gasteiger partial charge in [0.1, 0.15) is 5.82 Å². The van der Waals surface area contributed by atoms with Gasteiger partial charge in [0.15, 0.2) is 0 Å². The summed E-state index contributed by atoms with van der Waals surface area (Å²) in [4.78, 5) is 10.4. The molecular weight excluding hydrogens is 270 g/mol. The molecule has 0 saturated carbocycles. The van der Waals surface area contributed by atoms with Crippen molar-refractivity contribution in [2.24, 2.45) is 11.8 Å². The maximum Gasteiger partial charge on any atom is 0.239 e. The molecule has 0 fully saturated rings. The third-order valence-corrected chi connectivity index (χ3v) is 2.82. The highest BCUT2D eigenvalue weighted by Crippen LogP contribution is 2.23. The van der Waals surface area contributed by atoms with Crippen LogP contribution in [0.2, 0.25) is 0 Å². The van der Waals surface area contributed by atoms with Crippen LogP contribution in [0, 0.1) is 5.92 Å². The molecule has 0 aromatic carbocycles. The van der Waals surface area contributed by atoms with Gasteiger partial charge in [-0.25, -0.2) is 10.8 Å². The van der Waals surface area contributed by atoms with E-state index in [0.717, 1.165) is 23.3 Å².